The molecule has 1 aromatic carbocycles. The van der Waals surface area contributed by atoms with E-state index in [1.54, 1.807) is 12.1 Å². The zero-order chi connectivity index (χ0) is 14.9. The summed E-state index contributed by atoms with van der Waals surface area (Å²) >= 11 is 1.20. The first-order valence-corrected chi connectivity index (χ1v) is 9.23. The van der Waals surface area contributed by atoms with Gasteiger partial charge in [-0.3, -0.25) is 4.72 Å². The highest BCUT2D eigenvalue weighted by molar-refractivity contribution is 7.94. The minimum absolute atomic E-state index is 0.0260. The molecule has 0 saturated carbocycles. The zero-order valence-electron chi connectivity index (χ0n) is 11.5. The molecule has 112 valence electrons. The Bertz CT molecular complexity index is 750. The lowest BCUT2D eigenvalue weighted by Gasteiger charge is -2.08. The molecule has 2 N–H and O–H groups in total. The van der Waals surface area contributed by atoms with E-state index in [4.69, 9.17) is 5.11 Å². The Kier molecular flexibility index (Phi) is 4.01. The second kappa shape index (κ2) is 5.79. The van der Waals surface area contributed by atoms with Crippen molar-refractivity contribution < 1.29 is 13.5 Å². The molecule has 0 atom stereocenters. The van der Waals surface area contributed by atoms with Crippen molar-refractivity contribution in [3.05, 3.63) is 46.3 Å². The lowest BCUT2D eigenvalue weighted by atomic mass is 10.1. The van der Waals surface area contributed by atoms with Crippen LogP contribution in [-0.2, 0) is 29.3 Å². The van der Waals surface area contributed by atoms with Crippen LogP contribution >= 0.6 is 11.3 Å². The Labute approximate surface area is 128 Å². The zero-order valence-corrected chi connectivity index (χ0v) is 13.1. The summed E-state index contributed by atoms with van der Waals surface area (Å²) in [5, 5.41) is 8.90. The lowest BCUT2D eigenvalue weighted by molar-refractivity contribution is 0.300. The monoisotopic (exact) mass is 323 g/mol. The van der Waals surface area contributed by atoms with Crippen molar-refractivity contribution in [1.29, 1.82) is 0 Å². The van der Waals surface area contributed by atoms with E-state index >= 15 is 0 Å². The fourth-order valence-corrected chi connectivity index (χ4v) is 4.98. The number of hydrogen-bond acceptors (Lipinski definition) is 4. The van der Waals surface area contributed by atoms with E-state index in [0.29, 0.717) is 12.1 Å². The fourth-order valence-electron chi connectivity index (χ4n) is 2.59. The fraction of sp³-hybridized carbons (Fsp3) is 0.333. The quantitative estimate of drug-likeness (QED) is 0.889. The number of aryl methyl sites for hydroxylation is 2. The minimum Gasteiger partial charge on any atom is -0.396 e. The van der Waals surface area contributed by atoms with Crippen LogP contribution in [0, 0.1) is 0 Å². The molecule has 4 nitrogen and oxygen atoms in total. The van der Waals surface area contributed by atoms with Crippen LogP contribution in [0.4, 0.5) is 5.69 Å². The smallest absolute Gasteiger partial charge is 0.271 e. The third kappa shape index (κ3) is 3.12. The standard InChI is InChI=1S/C15H17NO3S2/c17-9-8-14-6-7-15(20-14)21(18,19)16-13-5-4-11-2-1-3-12(11)10-13/h4-7,10,16-17H,1-3,8-9H2. The molecule has 1 aromatic heterocycles. The first-order chi connectivity index (χ1) is 10.1. The Hall–Kier alpha value is -1.37. The number of nitrogens with one attached hydrogen (secondary N) is 1. The number of benzene rings is 1. The summed E-state index contributed by atoms with van der Waals surface area (Å²) in [5.41, 5.74) is 3.18. The molecule has 0 radical (unpaired) electrons. The van der Waals surface area contributed by atoms with Crippen molar-refractivity contribution in [2.24, 2.45) is 0 Å². The molecule has 0 spiro atoms. The summed E-state index contributed by atoms with van der Waals surface area (Å²) in [6.07, 6.45) is 3.72. The largest absolute Gasteiger partial charge is 0.396 e. The normalized spacial score (nSPS) is 14.1. The Morgan fingerprint density at radius 3 is 2.76 bits per heavy atom. The topological polar surface area (TPSA) is 66.4 Å². The number of thiophene rings is 1. The van der Waals surface area contributed by atoms with Gasteiger partial charge in [0, 0.05) is 23.6 Å². The lowest BCUT2D eigenvalue weighted by Crippen LogP contribution is -2.11. The number of fused-ring (bicyclic) bond motifs is 1. The van der Waals surface area contributed by atoms with Gasteiger partial charge >= 0.3 is 0 Å². The van der Waals surface area contributed by atoms with Gasteiger partial charge in [0.05, 0.1) is 0 Å². The van der Waals surface area contributed by atoms with Crippen molar-refractivity contribution in [1.82, 2.24) is 0 Å². The summed E-state index contributed by atoms with van der Waals surface area (Å²) < 4.78 is 27.6. The number of sulfonamides is 1. The average Bonchev–Trinajstić information content (AvgIpc) is 3.07. The molecule has 0 aliphatic heterocycles. The number of rotatable bonds is 5. The van der Waals surface area contributed by atoms with Gasteiger partial charge in [-0.25, -0.2) is 8.42 Å². The van der Waals surface area contributed by atoms with Gasteiger partial charge in [-0.2, -0.15) is 0 Å². The molecular weight excluding hydrogens is 306 g/mol. The third-order valence-electron chi connectivity index (χ3n) is 3.61. The predicted molar refractivity (Wildman–Crippen MR) is 84.4 cm³/mol. The van der Waals surface area contributed by atoms with Gasteiger partial charge in [0.25, 0.3) is 10.0 Å². The maximum absolute atomic E-state index is 12.4. The van der Waals surface area contributed by atoms with Crippen molar-refractivity contribution in [2.45, 2.75) is 29.9 Å². The van der Waals surface area contributed by atoms with Crippen molar-refractivity contribution in [2.75, 3.05) is 11.3 Å². The van der Waals surface area contributed by atoms with E-state index in [-0.39, 0.29) is 10.8 Å². The predicted octanol–water partition coefficient (Wildman–Crippen LogP) is 2.57. The van der Waals surface area contributed by atoms with Crippen LogP contribution in [0.5, 0.6) is 0 Å². The number of anilines is 1. The van der Waals surface area contributed by atoms with Gasteiger partial charge in [0.1, 0.15) is 4.21 Å². The molecule has 0 unspecified atom stereocenters. The van der Waals surface area contributed by atoms with E-state index in [2.05, 4.69) is 4.72 Å². The molecule has 6 heteroatoms. The van der Waals surface area contributed by atoms with Crippen LogP contribution in [0.25, 0.3) is 0 Å². The summed E-state index contributed by atoms with van der Waals surface area (Å²) in [4.78, 5) is 0.867. The summed E-state index contributed by atoms with van der Waals surface area (Å²) in [7, 11) is -3.54. The van der Waals surface area contributed by atoms with E-state index in [9.17, 15) is 8.42 Å². The molecular formula is C15H17NO3S2. The Morgan fingerprint density at radius 1 is 1.14 bits per heavy atom. The van der Waals surface area contributed by atoms with Gasteiger partial charge in [0.15, 0.2) is 0 Å². The second-order valence-electron chi connectivity index (χ2n) is 5.14. The highest BCUT2D eigenvalue weighted by Gasteiger charge is 2.18. The van der Waals surface area contributed by atoms with Gasteiger partial charge in [-0.15, -0.1) is 11.3 Å². The summed E-state index contributed by atoms with van der Waals surface area (Å²) in [6, 6.07) is 9.10. The van der Waals surface area contributed by atoms with Gasteiger partial charge in [-0.1, -0.05) is 6.07 Å². The SMILES string of the molecule is O=S(=O)(Nc1ccc2c(c1)CCC2)c1ccc(CCO)s1. The number of aliphatic hydroxyl groups is 1. The van der Waals surface area contributed by atoms with Crippen LogP contribution in [0.2, 0.25) is 0 Å². The molecule has 0 saturated heterocycles. The van der Waals surface area contributed by atoms with E-state index in [1.165, 1.54) is 22.5 Å². The van der Waals surface area contributed by atoms with Crippen molar-refractivity contribution >= 4 is 27.0 Å². The van der Waals surface area contributed by atoms with E-state index < -0.39 is 10.0 Å². The van der Waals surface area contributed by atoms with Crippen molar-refractivity contribution in [3.63, 3.8) is 0 Å². The van der Waals surface area contributed by atoms with Crippen LogP contribution in [0.3, 0.4) is 0 Å². The average molecular weight is 323 g/mol. The van der Waals surface area contributed by atoms with Crippen LogP contribution in [-0.4, -0.2) is 20.1 Å². The maximum atomic E-state index is 12.4. The molecule has 3 rings (SSSR count). The maximum Gasteiger partial charge on any atom is 0.271 e. The van der Waals surface area contributed by atoms with Gasteiger partial charge < -0.3 is 5.11 Å². The summed E-state index contributed by atoms with van der Waals surface area (Å²) in [6.45, 7) is 0.0260. The first kappa shape index (κ1) is 14.6. The molecule has 0 amide bonds. The molecule has 1 heterocycles. The molecule has 0 fully saturated rings. The van der Waals surface area contributed by atoms with Gasteiger partial charge in [0.2, 0.25) is 0 Å². The molecule has 21 heavy (non-hydrogen) atoms. The number of aliphatic hydroxyl groups excluding tert-OH is 1. The van der Waals surface area contributed by atoms with Crippen LogP contribution in [0.15, 0.2) is 34.5 Å². The molecule has 1 aliphatic carbocycles. The highest BCUT2D eigenvalue weighted by Crippen LogP contribution is 2.28. The third-order valence-corrected chi connectivity index (χ3v) is 6.63. The molecule has 2 aromatic rings. The van der Waals surface area contributed by atoms with E-state index in [1.807, 2.05) is 18.2 Å². The minimum atomic E-state index is -3.54. The summed E-state index contributed by atoms with van der Waals surface area (Å²) in [5.74, 6) is 0. The first-order valence-electron chi connectivity index (χ1n) is 6.93. The van der Waals surface area contributed by atoms with Crippen LogP contribution < -0.4 is 4.72 Å². The Balaban J connectivity index is 1.82. The van der Waals surface area contributed by atoms with Gasteiger partial charge in [-0.05, 0) is 54.7 Å². The van der Waals surface area contributed by atoms with E-state index in [0.717, 1.165) is 24.1 Å². The second-order valence-corrected chi connectivity index (χ2v) is 8.21. The highest BCUT2D eigenvalue weighted by atomic mass is 32.2. The molecule has 0 bridgehead atoms. The molecule has 1 aliphatic rings. The Morgan fingerprint density at radius 2 is 1.95 bits per heavy atom. The van der Waals surface area contributed by atoms with Crippen LogP contribution in [0.1, 0.15) is 22.4 Å². The van der Waals surface area contributed by atoms with Crippen molar-refractivity contribution in [3.8, 4) is 0 Å². The number of hydrogen-bond donors (Lipinski definition) is 2.